The quantitative estimate of drug-likeness (QED) is 0.497. The largest absolute Gasteiger partial charge is 0.506 e. The Morgan fingerprint density at radius 3 is 2.36 bits per heavy atom. The summed E-state index contributed by atoms with van der Waals surface area (Å²) in [5.74, 6) is 0.0523. The van der Waals surface area contributed by atoms with Crippen LogP contribution >= 0.6 is 11.6 Å². The fraction of sp³-hybridized carbons (Fsp3) is 0.625. The van der Waals surface area contributed by atoms with Crippen LogP contribution in [0.1, 0.15) is 59.4 Å². The van der Waals surface area contributed by atoms with Gasteiger partial charge in [0.1, 0.15) is 11.6 Å². The number of likely N-dealkylation sites (tertiary alicyclic amines) is 1. The molecular formula is C24H36ClN3O5. The molecule has 0 aromatic heterocycles. The molecule has 33 heavy (non-hydrogen) atoms. The summed E-state index contributed by atoms with van der Waals surface area (Å²) < 4.78 is 4.75. The lowest BCUT2D eigenvalue weighted by Gasteiger charge is -2.45. The van der Waals surface area contributed by atoms with Crippen LogP contribution in [0.15, 0.2) is 24.3 Å². The normalized spacial score (nSPS) is 19.0. The van der Waals surface area contributed by atoms with E-state index in [1.54, 1.807) is 13.8 Å². The van der Waals surface area contributed by atoms with Crippen LogP contribution < -0.4 is 10.6 Å². The maximum atomic E-state index is 13.4. The first-order valence-corrected chi connectivity index (χ1v) is 11.6. The van der Waals surface area contributed by atoms with Crippen molar-refractivity contribution < 1.29 is 24.2 Å². The van der Waals surface area contributed by atoms with Gasteiger partial charge in [-0.3, -0.25) is 4.79 Å². The second-order valence-corrected chi connectivity index (χ2v) is 10.8. The van der Waals surface area contributed by atoms with Crippen LogP contribution in [0.2, 0.25) is 5.02 Å². The molecule has 0 saturated carbocycles. The molecule has 3 amide bonds. The van der Waals surface area contributed by atoms with Crippen LogP contribution in [0.5, 0.6) is 0 Å². The van der Waals surface area contributed by atoms with E-state index >= 15 is 0 Å². The Hall–Kier alpha value is -2.48. The monoisotopic (exact) mass is 481 g/mol. The van der Waals surface area contributed by atoms with Gasteiger partial charge in [-0.25, -0.2) is 9.59 Å². The molecule has 8 nitrogen and oxygen atoms in total. The molecule has 1 aliphatic heterocycles. The molecule has 2 unspecified atom stereocenters. The van der Waals surface area contributed by atoms with Crippen LogP contribution in [0.25, 0.3) is 0 Å². The van der Waals surface area contributed by atoms with E-state index in [1.807, 2.05) is 43.0 Å². The second kappa shape index (κ2) is 10.6. The summed E-state index contributed by atoms with van der Waals surface area (Å²) >= 11 is 6.04. The molecule has 1 saturated heterocycles. The molecule has 184 valence electrons. The van der Waals surface area contributed by atoms with Crippen molar-refractivity contribution in [1.82, 2.24) is 15.5 Å². The summed E-state index contributed by atoms with van der Waals surface area (Å²) in [5, 5.41) is 14.8. The van der Waals surface area contributed by atoms with Crippen molar-refractivity contribution in [2.45, 2.75) is 65.5 Å². The minimum atomic E-state index is -1.41. The highest BCUT2D eigenvalue weighted by Crippen LogP contribution is 2.42. The van der Waals surface area contributed by atoms with E-state index in [0.717, 1.165) is 6.42 Å². The molecule has 0 spiro atoms. The van der Waals surface area contributed by atoms with Gasteiger partial charge in [-0.2, -0.15) is 0 Å². The van der Waals surface area contributed by atoms with Gasteiger partial charge in [-0.1, -0.05) is 51.4 Å². The van der Waals surface area contributed by atoms with Crippen LogP contribution in [-0.4, -0.2) is 59.4 Å². The van der Waals surface area contributed by atoms with Gasteiger partial charge in [-0.05, 0) is 55.2 Å². The molecule has 0 bridgehead atoms. The van der Waals surface area contributed by atoms with Crippen LogP contribution in [-0.2, 0) is 9.53 Å². The third-order valence-corrected chi connectivity index (χ3v) is 6.32. The average molecular weight is 482 g/mol. The van der Waals surface area contributed by atoms with Crippen molar-refractivity contribution in [3.63, 3.8) is 0 Å². The molecule has 1 fully saturated rings. The fourth-order valence-corrected chi connectivity index (χ4v) is 4.45. The van der Waals surface area contributed by atoms with E-state index in [2.05, 4.69) is 24.5 Å². The Morgan fingerprint density at radius 1 is 1.24 bits per heavy atom. The van der Waals surface area contributed by atoms with Gasteiger partial charge in [0.05, 0.1) is 6.54 Å². The highest BCUT2D eigenvalue weighted by atomic mass is 35.5. The molecular weight excluding hydrogens is 446 g/mol. The summed E-state index contributed by atoms with van der Waals surface area (Å²) in [5.41, 5.74) is -0.0294. The maximum absolute atomic E-state index is 13.4. The Kier molecular flexibility index (Phi) is 8.63. The lowest BCUT2D eigenvalue weighted by molar-refractivity contribution is -0.137. The van der Waals surface area contributed by atoms with E-state index in [9.17, 15) is 14.4 Å². The summed E-state index contributed by atoms with van der Waals surface area (Å²) in [6.45, 7) is 12.3. The average Bonchev–Trinajstić information content (AvgIpc) is 2.69. The van der Waals surface area contributed by atoms with Crippen LogP contribution in [0, 0.1) is 11.3 Å². The van der Waals surface area contributed by atoms with Crippen molar-refractivity contribution >= 4 is 29.7 Å². The SMILES string of the molecule is CC(C)C(NC(=O)NCC(C)(C)OC(=O)O)C(=O)N1CCC(c2ccc(Cl)cc2)C(C)(C)C1. The highest BCUT2D eigenvalue weighted by Gasteiger charge is 2.40. The number of hydrogen-bond donors (Lipinski definition) is 3. The fourth-order valence-electron chi connectivity index (χ4n) is 4.33. The van der Waals surface area contributed by atoms with Crippen molar-refractivity contribution in [3.8, 4) is 0 Å². The Morgan fingerprint density at radius 2 is 1.85 bits per heavy atom. The number of rotatable bonds is 7. The van der Waals surface area contributed by atoms with Gasteiger partial charge in [0.15, 0.2) is 0 Å². The van der Waals surface area contributed by atoms with E-state index in [-0.39, 0.29) is 23.8 Å². The third kappa shape index (κ3) is 7.52. The number of nitrogens with zero attached hydrogens (tertiary/aromatic N) is 1. The summed E-state index contributed by atoms with van der Waals surface area (Å²) in [4.78, 5) is 38.4. The maximum Gasteiger partial charge on any atom is 0.506 e. The van der Waals surface area contributed by atoms with Crippen LogP contribution in [0.3, 0.4) is 0 Å². The number of ether oxygens (including phenoxy) is 1. The summed E-state index contributed by atoms with van der Waals surface area (Å²) in [6.07, 6.45) is -0.597. The number of amides is 3. The van der Waals surface area contributed by atoms with Gasteiger partial charge >= 0.3 is 12.2 Å². The van der Waals surface area contributed by atoms with Gasteiger partial charge in [0, 0.05) is 18.1 Å². The van der Waals surface area contributed by atoms with Gasteiger partial charge < -0.3 is 25.4 Å². The molecule has 0 aliphatic carbocycles. The molecule has 0 radical (unpaired) electrons. The number of carbonyl (C=O) groups is 3. The number of urea groups is 1. The minimum absolute atomic E-state index is 0.0242. The number of carboxylic acid groups (broad SMARTS) is 1. The van der Waals surface area contributed by atoms with Gasteiger partial charge in [-0.15, -0.1) is 0 Å². The minimum Gasteiger partial charge on any atom is -0.450 e. The highest BCUT2D eigenvalue weighted by molar-refractivity contribution is 6.30. The third-order valence-electron chi connectivity index (χ3n) is 6.07. The van der Waals surface area contributed by atoms with E-state index in [0.29, 0.717) is 24.0 Å². The zero-order chi connectivity index (χ0) is 25.0. The zero-order valence-electron chi connectivity index (χ0n) is 20.3. The summed E-state index contributed by atoms with van der Waals surface area (Å²) in [6, 6.07) is 6.64. The number of hydrogen-bond acceptors (Lipinski definition) is 4. The zero-order valence-corrected chi connectivity index (χ0v) is 21.0. The molecule has 3 N–H and O–H groups in total. The second-order valence-electron chi connectivity index (χ2n) is 10.3. The van der Waals surface area contributed by atoms with Gasteiger partial charge in [0.25, 0.3) is 0 Å². The number of halogens is 1. The summed E-state index contributed by atoms with van der Waals surface area (Å²) in [7, 11) is 0. The first kappa shape index (κ1) is 26.8. The first-order chi connectivity index (χ1) is 15.2. The lowest BCUT2D eigenvalue weighted by atomic mass is 9.70. The first-order valence-electron chi connectivity index (χ1n) is 11.2. The Bertz CT molecular complexity index is 854. The standard InChI is InChI=1S/C24H36ClN3O5/c1-15(2)19(27-21(30)26-13-24(5,6)33-22(31)32)20(29)28-12-11-18(23(3,4)14-28)16-7-9-17(25)10-8-16/h7-10,15,18-19H,11-14H2,1-6H3,(H,31,32)(H2,26,27,30). The number of piperidine rings is 1. The lowest BCUT2D eigenvalue weighted by Crippen LogP contribution is -2.58. The molecule has 2 atom stereocenters. The van der Waals surface area contributed by atoms with E-state index in [1.165, 1.54) is 5.56 Å². The van der Waals surface area contributed by atoms with Gasteiger partial charge in [0.2, 0.25) is 5.91 Å². The Labute approximate surface area is 201 Å². The number of carbonyl (C=O) groups excluding carboxylic acids is 2. The molecule has 1 aromatic carbocycles. The van der Waals surface area contributed by atoms with Crippen molar-refractivity contribution in [3.05, 3.63) is 34.9 Å². The Balaban J connectivity index is 2.02. The van der Waals surface area contributed by atoms with Crippen molar-refractivity contribution in [2.24, 2.45) is 11.3 Å². The number of nitrogens with one attached hydrogen (secondary N) is 2. The molecule has 2 rings (SSSR count). The molecule has 1 aliphatic rings. The smallest absolute Gasteiger partial charge is 0.450 e. The van der Waals surface area contributed by atoms with Crippen molar-refractivity contribution in [1.29, 1.82) is 0 Å². The van der Waals surface area contributed by atoms with E-state index in [4.69, 9.17) is 21.4 Å². The van der Waals surface area contributed by atoms with Crippen molar-refractivity contribution in [2.75, 3.05) is 19.6 Å². The van der Waals surface area contributed by atoms with Crippen LogP contribution in [0.4, 0.5) is 9.59 Å². The topological polar surface area (TPSA) is 108 Å². The molecule has 1 heterocycles. The molecule has 1 aromatic rings. The number of benzene rings is 1. The predicted molar refractivity (Wildman–Crippen MR) is 128 cm³/mol. The predicted octanol–water partition coefficient (Wildman–Crippen LogP) is 4.48. The molecule has 9 heteroatoms. The van der Waals surface area contributed by atoms with E-state index < -0.39 is 23.8 Å².